The molecule has 35 heavy (non-hydrogen) atoms. The van der Waals surface area contributed by atoms with Crippen LogP contribution in [0.15, 0.2) is 33.6 Å². The SMILES string of the molecule is Cc1noc2nc(CC(C)CNCCCNC(=O)OC(C)(C)C)n(Cc3cccc(F)c3)c(=O)c12. The summed E-state index contributed by atoms with van der Waals surface area (Å²) < 4.78 is 25.8. The fraction of sp³-hybridized carbons (Fsp3) is 0.520. The van der Waals surface area contributed by atoms with Crippen LogP contribution in [-0.2, 0) is 17.7 Å². The summed E-state index contributed by atoms with van der Waals surface area (Å²) in [6.45, 7) is 11.3. The van der Waals surface area contributed by atoms with Crippen LogP contribution < -0.4 is 16.2 Å². The normalized spacial score (nSPS) is 12.6. The summed E-state index contributed by atoms with van der Waals surface area (Å²) in [6.07, 6.45) is 0.840. The summed E-state index contributed by atoms with van der Waals surface area (Å²) in [6, 6.07) is 6.18. The van der Waals surface area contributed by atoms with Crippen molar-refractivity contribution in [2.45, 2.75) is 59.6 Å². The minimum atomic E-state index is -0.519. The summed E-state index contributed by atoms with van der Waals surface area (Å²) in [4.78, 5) is 29.5. The average Bonchev–Trinajstić information content (AvgIpc) is 3.12. The van der Waals surface area contributed by atoms with Crippen molar-refractivity contribution in [3.05, 3.63) is 57.5 Å². The van der Waals surface area contributed by atoms with E-state index >= 15 is 0 Å². The second-order valence-corrected chi connectivity index (χ2v) is 9.79. The van der Waals surface area contributed by atoms with Crippen molar-refractivity contribution in [3.8, 4) is 0 Å². The number of nitrogens with zero attached hydrogens (tertiary/aromatic N) is 3. The Bertz CT molecular complexity index is 1210. The first kappa shape index (κ1) is 26.3. The van der Waals surface area contributed by atoms with Crippen molar-refractivity contribution in [1.29, 1.82) is 0 Å². The molecular formula is C25H34FN5O4. The van der Waals surface area contributed by atoms with Gasteiger partial charge in [0.15, 0.2) is 0 Å². The van der Waals surface area contributed by atoms with E-state index in [9.17, 15) is 14.0 Å². The molecule has 3 rings (SSSR count). The third-order valence-corrected chi connectivity index (χ3v) is 5.30. The zero-order chi connectivity index (χ0) is 25.6. The number of halogens is 1. The third-order valence-electron chi connectivity index (χ3n) is 5.30. The highest BCUT2D eigenvalue weighted by Crippen LogP contribution is 2.16. The summed E-state index contributed by atoms with van der Waals surface area (Å²) in [7, 11) is 0. The van der Waals surface area contributed by atoms with Crippen LogP contribution in [0.3, 0.4) is 0 Å². The van der Waals surface area contributed by atoms with E-state index in [1.54, 1.807) is 23.6 Å². The van der Waals surface area contributed by atoms with Gasteiger partial charge in [-0.25, -0.2) is 9.18 Å². The summed E-state index contributed by atoms with van der Waals surface area (Å²) >= 11 is 0. The van der Waals surface area contributed by atoms with E-state index in [0.29, 0.717) is 48.5 Å². The molecule has 0 aliphatic carbocycles. The molecule has 9 nitrogen and oxygen atoms in total. The summed E-state index contributed by atoms with van der Waals surface area (Å²) in [5.41, 5.74) is 0.598. The number of aromatic nitrogens is 3. The van der Waals surface area contributed by atoms with Gasteiger partial charge in [0.1, 0.15) is 22.6 Å². The number of carbonyl (C=O) groups excluding carboxylic acids is 1. The maximum absolute atomic E-state index is 13.7. The average molecular weight is 488 g/mol. The molecule has 0 fully saturated rings. The van der Waals surface area contributed by atoms with Gasteiger partial charge in [0.25, 0.3) is 11.3 Å². The Labute approximate surface area is 204 Å². The molecule has 1 amide bonds. The van der Waals surface area contributed by atoms with Crippen molar-refractivity contribution < 1.29 is 18.4 Å². The quantitative estimate of drug-likeness (QED) is 0.421. The highest BCUT2D eigenvalue weighted by molar-refractivity contribution is 5.74. The number of hydrogen-bond acceptors (Lipinski definition) is 7. The Morgan fingerprint density at radius 2 is 2.06 bits per heavy atom. The number of rotatable bonds is 10. The van der Waals surface area contributed by atoms with Crippen molar-refractivity contribution >= 4 is 17.2 Å². The zero-order valence-corrected chi connectivity index (χ0v) is 21.0. The molecule has 1 unspecified atom stereocenters. The summed E-state index contributed by atoms with van der Waals surface area (Å²) in [5, 5.41) is 10.3. The molecule has 0 aliphatic rings. The monoisotopic (exact) mass is 487 g/mol. The van der Waals surface area contributed by atoms with Gasteiger partial charge in [-0.1, -0.05) is 24.2 Å². The van der Waals surface area contributed by atoms with Crippen LogP contribution in [0.25, 0.3) is 11.1 Å². The first-order valence-corrected chi connectivity index (χ1v) is 11.8. The van der Waals surface area contributed by atoms with Crippen molar-refractivity contribution in [2.75, 3.05) is 19.6 Å². The number of hydrogen-bond donors (Lipinski definition) is 2. The molecule has 0 aliphatic heterocycles. The van der Waals surface area contributed by atoms with Crippen LogP contribution in [0.4, 0.5) is 9.18 Å². The van der Waals surface area contributed by atoms with Crippen molar-refractivity contribution in [1.82, 2.24) is 25.3 Å². The first-order valence-electron chi connectivity index (χ1n) is 11.8. The lowest BCUT2D eigenvalue weighted by atomic mass is 10.1. The predicted molar refractivity (Wildman–Crippen MR) is 131 cm³/mol. The van der Waals surface area contributed by atoms with E-state index < -0.39 is 11.7 Å². The van der Waals surface area contributed by atoms with Crippen LogP contribution >= 0.6 is 0 Å². The maximum atomic E-state index is 13.7. The fourth-order valence-electron chi connectivity index (χ4n) is 3.70. The first-order chi connectivity index (χ1) is 16.5. The smallest absolute Gasteiger partial charge is 0.407 e. The van der Waals surface area contributed by atoms with Gasteiger partial charge in [0, 0.05) is 13.0 Å². The molecule has 190 valence electrons. The van der Waals surface area contributed by atoms with Crippen molar-refractivity contribution in [3.63, 3.8) is 0 Å². The van der Waals surface area contributed by atoms with Gasteiger partial charge in [0.05, 0.1) is 12.2 Å². The third kappa shape index (κ3) is 7.61. The predicted octanol–water partition coefficient (Wildman–Crippen LogP) is 3.56. The molecule has 1 aromatic carbocycles. The Morgan fingerprint density at radius 1 is 1.29 bits per heavy atom. The highest BCUT2D eigenvalue weighted by Gasteiger charge is 2.19. The Balaban J connectivity index is 1.60. The van der Waals surface area contributed by atoms with Gasteiger partial charge in [-0.3, -0.25) is 9.36 Å². The van der Waals surface area contributed by atoms with Gasteiger partial charge in [-0.15, -0.1) is 0 Å². The maximum Gasteiger partial charge on any atom is 0.407 e. The lowest BCUT2D eigenvalue weighted by molar-refractivity contribution is 0.0527. The van der Waals surface area contributed by atoms with Crippen LogP contribution in [-0.4, -0.2) is 46.0 Å². The molecule has 0 spiro atoms. The van der Waals surface area contributed by atoms with Crippen LogP contribution in [0.2, 0.25) is 0 Å². The van der Waals surface area contributed by atoms with Crippen LogP contribution in [0, 0.1) is 18.7 Å². The van der Waals surface area contributed by atoms with Gasteiger partial charge in [-0.2, -0.15) is 4.98 Å². The molecule has 10 heteroatoms. The van der Waals surface area contributed by atoms with E-state index in [2.05, 4.69) is 27.7 Å². The van der Waals surface area contributed by atoms with E-state index in [1.807, 2.05) is 20.8 Å². The molecule has 0 bridgehead atoms. The Kier molecular flexibility index (Phi) is 8.61. The Hall–Kier alpha value is -3.27. The molecule has 2 N–H and O–H groups in total. The number of carbonyl (C=O) groups is 1. The molecular weight excluding hydrogens is 453 g/mol. The molecule has 1 atom stereocenters. The van der Waals surface area contributed by atoms with Gasteiger partial charge in [0.2, 0.25) is 0 Å². The Morgan fingerprint density at radius 3 is 2.77 bits per heavy atom. The highest BCUT2D eigenvalue weighted by atomic mass is 19.1. The van der Waals surface area contributed by atoms with Gasteiger partial charge in [-0.05, 0) is 70.8 Å². The molecule has 2 heterocycles. The number of nitrogens with one attached hydrogen (secondary N) is 2. The van der Waals surface area contributed by atoms with E-state index in [1.165, 1.54) is 12.1 Å². The number of amides is 1. The van der Waals surface area contributed by atoms with Crippen LogP contribution in [0.1, 0.15) is 51.2 Å². The number of alkyl carbamates (subject to hydrolysis) is 1. The van der Waals surface area contributed by atoms with Crippen molar-refractivity contribution in [2.24, 2.45) is 5.92 Å². The number of fused-ring (bicyclic) bond motifs is 1. The fourth-order valence-corrected chi connectivity index (χ4v) is 3.70. The second-order valence-electron chi connectivity index (χ2n) is 9.79. The van der Waals surface area contributed by atoms with Crippen LogP contribution in [0.5, 0.6) is 0 Å². The van der Waals surface area contributed by atoms with E-state index in [4.69, 9.17) is 9.26 Å². The second kappa shape index (κ2) is 11.4. The lowest BCUT2D eigenvalue weighted by Gasteiger charge is -2.19. The van der Waals surface area contributed by atoms with E-state index in [0.717, 1.165) is 6.42 Å². The zero-order valence-electron chi connectivity index (χ0n) is 21.0. The van der Waals surface area contributed by atoms with Gasteiger partial charge >= 0.3 is 6.09 Å². The number of benzene rings is 1. The largest absolute Gasteiger partial charge is 0.444 e. The summed E-state index contributed by atoms with van der Waals surface area (Å²) in [5.74, 6) is 0.357. The number of ether oxygens (including phenoxy) is 1. The minimum absolute atomic E-state index is 0.154. The molecule has 0 saturated carbocycles. The molecule has 0 radical (unpaired) electrons. The number of aryl methyl sites for hydroxylation is 1. The standard InChI is InChI=1S/C25H34FN5O4/c1-16(14-27-10-7-11-28-24(33)34-25(3,4)5)12-20-29-22-21(17(2)30-35-22)23(32)31(20)15-18-8-6-9-19(26)13-18/h6,8-9,13,16,27H,7,10-12,14-15H2,1-5H3,(H,28,33). The molecule has 2 aromatic heterocycles. The van der Waals surface area contributed by atoms with E-state index in [-0.39, 0.29) is 29.6 Å². The minimum Gasteiger partial charge on any atom is -0.444 e. The topological polar surface area (TPSA) is 111 Å². The van der Waals surface area contributed by atoms with Gasteiger partial charge < -0.3 is 19.9 Å². The molecule has 0 saturated heterocycles. The molecule has 3 aromatic rings. The lowest BCUT2D eigenvalue weighted by Crippen LogP contribution is -2.34.